The Morgan fingerprint density at radius 3 is 2.43 bits per heavy atom. The van der Waals surface area contributed by atoms with Gasteiger partial charge in [-0.3, -0.25) is 14.0 Å². The third-order valence-corrected chi connectivity index (χ3v) is 6.73. The van der Waals surface area contributed by atoms with Crippen molar-refractivity contribution < 1.29 is 13.2 Å². The molecule has 30 heavy (non-hydrogen) atoms. The smallest absolute Gasteiger partial charge is 0.241 e. The number of sulfonamides is 1. The Hall–Kier alpha value is -1.80. The SMILES string of the molecule is CS(=O)(=O)N(CC(=O)NCc1ccccc1CN1CCCC1)c1cc(Cl)ccc1Cl. The lowest BCUT2D eigenvalue weighted by Crippen LogP contribution is -2.40. The van der Waals surface area contributed by atoms with E-state index in [0.717, 1.165) is 41.3 Å². The molecule has 0 radical (unpaired) electrons. The van der Waals surface area contributed by atoms with Gasteiger partial charge in [0, 0.05) is 18.1 Å². The standard InChI is InChI=1S/C21H25Cl2N3O3S/c1-30(28,29)26(20-12-18(22)8-9-19(20)23)15-21(27)24-13-16-6-2-3-7-17(16)14-25-10-4-5-11-25/h2-3,6-9,12H,4-5,10-11,13-15H2,1H3,(H,24,27). The average molecular weight is 470 g/mol. The summed E-state index contributed by atoms with van der Waals surface area (Å²) in [5.41, 5.74) is 2.36. The number of benzene rings is 2. The van der Waals surface area contributed by atoms with Crippen LogP contribution in [0.2, 0.25) is 10.0 Å². The van der Waals surface area contributed by atoms with Gasteiger partial charge >= 0.3 is 0 Å². The van der Waals surface area contributed by atoms with Gasteiger partial charge in [0.15, 0.2) is 0 Å². The van der Waals surface area contributed by atoms with Crippen LogP contribution in [0.5, 0.6) is 0 Å². The number of likely N-dealkylation sites (tertiary alicyclic amines) is 1. The molecule has 0 aliphatic carbocycles. The predicted molar refractivity (Wildman–Crippen MR) is 121 cm³/mol. The second-order valence-electron chi connectivity index (χ2n) is 7.39. The van der Waals surface area contributed by atoms with E-state index in [4.69, 9.17) is 23.2 Å². The first kappa shape index (κ1) is 22.9. The third kappa shape index (κ3) is 6.11. The van der Waals surface area contributed by atoms with Crippen molar-refractivity contribution in [3.8, 4) is 0 Å². The molecule has 1 fully saturated rings. The van der Waals surface area contributed by atoms with Gasteiger partial charge in [0.2, 0.25) is 15.9 Å². The number of hydrogen-bond donors (Lipinski definition) is 1. The van der Waals surface area contributed by atoms with Crippen molar-refractivity contribution in [1.29, 1.82) is 0 Å². The van der Waals surface area contributed by atoms with Gasteiger partial charge in [0.25, 0.3) is 0 Å². The minimum atomic E-state index is -3.74. The zero-order valence-electron chi connectivity index (χ0n) is 16.8. The Bertz CT molecular complexity index is 1010. The topological polar surface area (TPSA) is 69.7 Å². The van der Waals surface area contributed by atoms with Crippen molar-refractivity contribution in [2.45, 2.75) is 25.9 Å². The molecular weight excluding hydrogens is 445 g/mol. The van der Waals surface area contributed by atoms with E-state index in [1.54, 1.807) is 6.07 Å². The van der Waals surface area contributed by atoms with Gasteiger partial charge in [0.05, 0.1) is 17.0 Å². The van der Waals surface area contributed by atoms with E-state index in [1.807, 2.05) is 18.2 Å². The van der Waals surface area contributed by atoms with E-state index < -0.39 is 15.9 Å². The molecule has 162 valence electrons. The fraction of sp³-hybridized carbons (Fsp3) is 0.381. The van der Waals surface area contributed by atoms with Crippen LogP contribution in [0.4, 0.5) is 5.69 Å². The van der Waals surface area contributed by atoms with Gasteiger partial charge in [-0.15, -0.1) is 0 Å². The molecule has 9 heteroatoms. The van der Waals surface area contributed by atoms with E-state index in [1.165, 1.54) is 25.0 Å². The fourth-order valence-corrected chi connectivity index (χ4v) is 4.80. The maximum Gasteiger partial charge on any atom is 0.241 e. The number of amides is 1. The van der Waals surface area contributed by atoms with E-state index in [-0.39, 0.29) is 17.3 Å². The molecule has 1 aliphatic heterocycles. The number of nitrogens with one attached hydrogen (secondary N) is 1. The van der Waals surface area contributed by atoms with E-state index >= 15 is 0 Å². The Labute approximate surface area is 187 Å². The highest BCUT2D eigenvalue weighted by molar-refractivity contribution is 7.92. The van der Waals surface area contributed by atoms with E-state index in [0.29, 0.717) is 11.6 Å². The summed E-state index contributed by atoms with van der Waals surface area (Å²) < 4.78 is 25.5. The molecule has 1 heterocycles. The maximum absolute atomic E-state index is 12.6. The summed E-state index contributed by atoms with van der Waals surface area (Å²) in [7, 11) is -3.74. The molecule has 0 unspecified atom stereocenters. The maximum atomic E-state index is 12.6. The minimum Gasteiger partial charge on any atom is -0.350 e. The average Bonchev–Trinajstić information content (AvgIpc) is 3.20. The van der Waals surface area contributed by atoms with Crippen LogP contribution in [0.15, 0.2) is 42.5 Å². The second kappa shape index (κ2) is 10.0. The fourth-order valence-electron chi connectivity index (χ4n) is 3.50. The molecule has 1 aliphatic rings. The summed E-state index contributed by atoms with van der Waals surface area (Å²) in [6.07, 6.45) is 3.46. The molecule has 1 amide bonds. The van der Waals surface area contributed by atoms with Crippen molar-refractivity contribution in [1.82, 2.24) is 10.2 Å². The largest absolute Gasteiger partial charge is 0.350 e. The monoisotopic (exact) mass is 469 g/mol. The number of carbonyl (C=O) groups excluding carboxylic acids is 1. The van der Waals surface area contributed by atoms with Gasteiger partial charge in [-0.25, -0.2) is 8.42 Å². The number of anilines is 1. The molecule has 0 saturated carbocycles. The zero-order valence-corrected chi connectivity index (χ0v) is 19.1. The first-order valence-electron chi connectivity index (χ1n) is 9.72. The van der Waals surface area contributed by atoms with Crippen molar-refractivity contribution in [2.75, 3.05) is 30.2 Å². The van der Waals surface area contributed by atoms with Crippen molar-refractivity contribution in [3.63, 3.8) is 0 Å². The molecule has 1 saturated heterocycles. The highest BCUT2D eigenvalue weighted by Gasteiger charge is 2.23. The van der Waals surface area contributed by atoms with Gasteiger partial charge in [-0.1, -0.05) is 47.5 Å². The lowest BCUT2D eigenvalue weighted by Gasteiger charge is -2.23. The van der Waals surface area contributed by atoms with Crippen LogP contribution in [0, 0.1) is 0 Å². The normalized spacial score (nSPS) is 14.6. The Balaban J connectivity index is 1.69. The van der Waals surface area contributed by atoms with Gasteiger partial charge < -0.3 is 5.32 Å². The number of carbonyl (C=O) groups is 1. The Morgan fingerprint density at radius 2 is 1.77 bits per heavy atom. The van der Waals surface area contributed by atoms with E-state index in [9.17, 15) is 13.2 Å². The highest BCUT2D eigenvalue weighted by atomic mass is 35.5. The van der Waals surface area contributed by atoms with Crippen molar-refractivity contribution in [2.24, 2.45) is 0 Å². The molecule has 3 rings (SSSR count). The van der Waals surface area contributed by atoms with Crippen molar-refractivity contribution >= 4 is 44.8 Å². The molecule has 2 aromatic carbocycles. The third-order valence-electron chi connectivity index (χ3n) is 5.05. The Kier molecular flexibility index (Phi) is 7.63. The van der Waals surface area contributed by atoms with Crippen LogP contribution in [0.25, 0.3) is 0 Å². The summed E-state index contributed by atoms with van der Waals surface area (Å²) >= 11 is 12.1. The molecule has 0 bridgehead atoms. The van der Waals surface area contributed by atoms with Crippen LogP contribution in [-0.4, -0.2) is 45.1 Å². The minimum absolute atomic E-state index is 0.177. The van der Waals surface area contributed by atoms with Crippen LogP contribution < -0.4 is 9.62 Å². The molecule has 0 spiro atoms. The second-order valence-corrected chi connectivity index (χ2v) is 10.1. The van der Waals surface area contributed by atoms with E-state index in [2.05, 4.69) is 16.3 Å². The number of nitrogens with zero attached hydrogens (tertiary/aromatic N) is 2. The summed E-state index contributed by atoms with van der Waals surface area (Å²) in [6, 6.07) is 12.5. The summed E-state index contributed by atoms with van der Waals surface area (Å²) in [6.45, 7) is 2.96. The van der Waals surface area contributed by atoms with Gasteiger partial charge in [-0.2, -0.15) is 0 Å². The molecule has 1 N–H and O–H groups in total. The first-order valence-corrected chi connectivity index (χ1v) is 12.3. The molecule has 6 nitrogen and oxygen atoms in total. The van der Waals surface area contributed by atoms with Crippen LogP contribution in [-0.2, 0) is 27.9 Å². The van der Waals surface area contributed by atoms with Crippen LogP contribution >= 0.6 is 23.2 Å². The summed E-state index contributed by atoms with van der Waals surface area (Å²) in [4.78, 5) is 15.0. The van der Waals surface area contributed by atoms with Crippen molar-refractivity contribution in [3.05, 3.63) is 63.6 Å². The predicted octanol–water partition coefficient (Wildman–Crippen LogP) is 3.67. The zero-order chi connectivity index (χ0) is 21.7. The number of hydrogen-bond acceptors (Lipinski definition) is 4. The summed E-state index contributed by atoms with van der Waals surface area (Å²) in [5, 5.41) is 3.37. The summed E-state index contributed by atoms with van der Waals surface area (Å²) in [5.74, 6) is -0.424. The molecule has 0 aromatic heterocycles. The lowest BCUT2D eigenvalue weighted by atomic mass is 10.1. The Morgan fingerprint density at radius 1 is 1.10 bits per heavy atom. The number of rotatable bonds is 8. The lowest BCUT2D eigenvalue weighted by molar-refractivity contribution is -0.119. The number of halogens is 2. The quantitative estimate of drug-likeness (QED) is 0.639. The highest BCUT2D eigenvalue weighted by Crippen LogP contribution is 2.30. The van der Waals surface area contributed by atoms with Crippen LogP contribution in [0.3, 0.4) is 0 Å². The molecule has 0 atom stereocenters. The van der Waals surface area contributed by atoms with Gasteiger partial charge in [-0.05, 0) is 55.3 Å². The molecule has 2 aromatic rings. The van der Waals surface area contributed by atoms with Gasteiger partial charge in [0.1, 0.15) is 6.54 Å². The van der Waals surface area contributed by atoms with Crippen LogP contribution in [0.1, 0.15) is 24.0 Å². The molecular formula is C21H25Cl2N3O3S. The first-order chi connectivity index (χ1) is 14.2.